The number of anilines is 1. The van der Waals surface area contributed by atoms with Gasteiger partial charge in [0.1, 0.15) is 12.0 Å². The molecule has 84 valence electrons. The van der Waals surface area contributed by atoms with Crippen molar-refractivity contribution < 1.29 is 14.6 Å². The van der Waals surface area contributed by atoms with E-state index >= 15 is 0 Å². The van der Waals surface area contributed by atoms with Crippen molar-refractivity contribution >= 4 is 23.3 Å². The number of aldehydes is 1. The van der Waals surface area contributed by atoms with Gasteiger partial charge in [-0.2, -0.15) is 0 Å². The molecule has 16 heavy (non-hydrogen) atoms. The number of carbonyl (C=O) groups excluding carboxylic acids is 1. The SMILES string of the molecule is O=CCNc1ccc([N+](=O)[O-])cc1[N+](=O)[O-]. The van der Waals surface area contributed by atoms with Crippen molar-refractivity contribution in [2.45, 2.75) is 0 Å². The van der Waals surface area contributed by atoms with Gasteiger partial charge in [-0.05, 0) is 6.07 Å². The first-order valence-electron chi connectivity index (χ1n) is 4.16. The topological polar surface area (TPSA) is 115 Å². The fourth-order valence-corrected chi connectivity index (χ4v) is 1.09. The molecule has 0 aromatic heterocycles. The molecule has 0 atom stereocenters. The molecule has 0 aliphatic heterocycles. The molecule has 1 aromatic carbocycles. The minimum atomic E-state index is -0.750. The van der Waals surface area contributed by atoms with Crippen molar-refractivity contribution in [1.29, 1.82) is 0 Å². The van der Waals surface area contributed by atoms with Crippen LogP contribution >= 0.6 is 0 Å². The second kappa shape index (κ2) is 4.82. The molecule has 0 spiro atoms. The molecule has 0 heterocycles. The minimum absolute atomic E-state index is 0.0719. The van der Waals surface area contributed by atoms with Gasteiger partial charge in [-0.25, -0.2) is 0 Å². The van der Waals surface area contributed by atoms with Gasteiger partial charge in [0, 0.05) is 6.07 Å². The van der Waals surface area contributed by atoms with Gasteiger partial charge in [-0.1, -0.05) is 0 Å². The summed E-state index contributed by atoms with van der Waals surface area (Å²) in [5.74, 6) is 0. The maximum absolute atomic E-state index is 10.6. The zero-order valence-electron chi connectivity index (χ0n) is 7.95. The Hall–Kier alpha value is -2.51. The first-order valence-corrected chi connectivity index (χ1v) is 4.16. The van der Waals surface area contributed by atoms with Gasteiger partial charge in [-0.15, -0.1) is 0 Å². The number of nitrogens with one attached hydrogen (secondary N) is 1. The molecule has 0 bridgehead atoms. The normalized spacial score (nSPS) is 9.50. The van der Waals surface area contributed by atoms with E-state index in [2.05, 4.69) is 5.32 Å². The number of non-ortho nitro benzene ring substituents is 1. The number of hydrogen-bond donors (Lipinski definition) is 1. The maximum Gasteiger partial charge on any atom is 0.299 e. The van der Waals surface area contributed by atoms with E-state index in [9.17, 15) is 25.0 Å². The van der Waals surface area contributed by atoms with Gasteiger partial charge >= 0.3 is 0 Å². The lowest BCUT2D eigenvalue weighted by Gasteiger charge is -2.02. The third-order valence-electron chi connectivity index (χ3n) is 1.76. The second-order valence-corrected chi connectivity index (χ2v) is 2.76. The van der Waals surface area contributed by atoms with E-state index in [0.29, 0.717) is 6.29 Å². The molecular formula is C8H7N3O5. The van der Waals surface area contributed by atoms with E-state index in [0.717, 1.165) is 12.1 Å². The van der Waals surface area contributed by atoms with Gasteiger partial charge in [0.2, 0.25) is 0 Å². The van der Waals surface area contributed by atoms with E-state index in [4.69, 9.17) is 0 Å². The van der Waals surface area contributed by atoms with Gasteiger partial charge in [-0.3, -0.25) is 20.2 Å². The average molecular weight is 225 g/mol. The van der Waals surface area contributed by atoms with Crippen molar-refractivity contribution in [3.8, 4) is 0 Å². The molecule has 1 N–H and O–H groups in total. The van der Waals surface area contributed by atoms with Crippen molar-refractivity contribution in [3.63, 3.8) is 0 Å². The molecule has 0 amide bonds. The molecule has 8 heteroatoms. The summed E-state index contributed by atoms with van der Waals surface area (Å²) in [6, 6.07) is 3.16. The van der Waals surface area contributed by atoms with Crippen molar-refractivity contribution in [2.24, 2.45) is 0 Å². The van der Waals surface area contributed by atoms with Gasteiger partial charge < -0.3 is 10.1 Å². The fourth-order valence-electron chi connectivity index (χ4n) is 1.09. The van der Waals surface area contributed by atoms with Crippen LogP contribution in [-0.2, 0) is 4.79 Å². The molecule has 0 aliphatic rings. The van der Waals surface area contributed by atoms with E-state index in [1.54, 1.807) is 0 Å². The monoisotopic (exact) mass is 225 g/mol. The van der Waals surface area contributed by atoms with Crippen LogP contribution in [-0.4, -0.2) is 22.7 Å². The van der Waals surface area contributed by atoms with E-state index < -0.39 is 15.5 Å². The largest absolute Gasteiger partial charge is 0.373 e. The summed E-state index contributed by atoms with van der Waals surface area (Å²) < 4.78 is 0. The van der Waals surface area contributed by atoms with Gasteiger partial charge in [0.05, 0.1) is 22.5 Å². The Morgan fingerprint density at radius 2 is 1.94 bits per heavy atom. The summed E-state index contributed by atoms with van der Waals surface area (Å²) in [6.45, 7) is -0.0986. The predicted molar refractivity (Wildman–Crippen MR) is 54.3 cm³/mol. The van der Waals surface area contributed by atoms with Crippen LogP contribution in [0.3, 0.4) is 0 Å². The predicted octanol–water partition coefficient (Wildman–Crippen LogP) is 1.11. The summed E-state index contributed by atoms with van der Waals surface area (Å²) in [6.07, 6.45) is 0.533. The third kappa shape index (κ3) is 2.50. The number of benzene rings is 1. The Morgan fingerprint density at radius 1 is 1.25 bits per heavy atom. The standard InChI is InChI=1S/C8H7N3O5/c12-4-3-9-7-2-1-6(10(13)14)5-8(7)11(15)16/h1-2,4-5,9H,3H2. The molecular weight excluding hydrogens is 218 g/mol. The molecule has 0 radical (unpaired) electrons. The van der Waals surface area contributed by atoms with Crippen LogP contribution in [0.25, 0.3) is 0 Å². The van der Waals surface area contributed by atoms with Gasteiger partial charge in [0.25, 0.3) is 11.4 Å². The Labute approximate surface area is 89.2 Å². The Morgan fingerprint density at radius 3 is 2.44 bits per heavy atom. The molecule has 8 nitrogen and oxygen atoms in total. The summed E-state index contributed by atoms with van der Waals surface area (Å²) in [7, 11) is 0. The average Bonchev–Trinajstić information content (AvgIpc) is 2.25. The number of hydrogen-bond acceptors (Lipinski definition) is 6. The van der Waals surface area contributed by atoms with E-state index in [1.807, 2.05) is 0 Å². The highest BCUT2D eigenvalue weighted by Gasteiger charge is 2.18. The van der Waals surface area contributed by atoms with Crippen LogP contribution in [0.1, 0.15) is 0 Å². The summed E-state index contributed by atoms with van der Waals surface area (Å²) >= 11 is 0. The number of carbonyl (C=O) groups is 1. The number of nitro groups is 2. The lowest BCUT2D eigenvalue weighted by atomic mass is 10.2. The highest BCUT2D eigenvalue weighted by atomic mass is 16.6. The molecule has 0 fully saturated rings. The van der Waals surface area contributed by atoms with Crippen LogP contribution in [0.15, 0.2) is 18.2 Å². The molecule has 1 aromatic rings. The quantitative estimate of drug-likeness (QED) is 0.456. The zero-order valence-corrected chi connectivity index (χ0v) is 7.95. The molecule has 0 aliphatic carbocycles. The first-order chi connectivity index (χ1) is 7.56. The summed E-state index contributed by atoms with van der Waals surface area (Å²) in [4.78, 5) is 29.6. The number of nitrogens with zero attached hydrogens (tertiary/aromatic N) is 2. The zero-order chi connectivity index (χ0) is 12.1. The van der Waals surface area contributed by atoms with E-state index in [-0.39, 0.29) is 17.9 Å². The highest BCUT2D eigenvalue weighted by Crippen LogP contribution is 2.28. The molecule has 0 unspecified atom stereocenters. The molecule has 1 rings (SSSR count). The van der Waals surface area contributed by atoms with Crippen LogP contribution in [0.2, 0.25) is 0 Å². The Balaban J connectivity index is 3.13. The van der Waals surface area contributed by atoms with Gasteiger partial charge in [0.15, 0.2) is 0 Å². The highest BCUT2D eigenvalue weighted by molar-refractivity contribution is 5.68. The van der Waals surface area contributed by atoms with Crippen LogP contribution in [0, 0.1) is 20.2 Å². The minimum Gasteiger partial charge on any atom is -0.373 e. The lowest BCUT2D eigenvalue weighted by Crippen LogP contribution is -2.05. The van der Waals surface area contributed by atoms with Crippen LogP contribution < -0.4 is 5.32 Å². The smallest absolute Gasteiger partial charge is 0.299 e. The maximum atomic E-state index is 10.6. The summed E-state index contributed by atoms with van der Waals surface area (Å²) in [5.41, 5.74) is -0.734. The fraction of sp³-hybridized carbons (Fsp3) is 0.125. The number of rotatable bonds is 5. The van der Waals surface area contributed by atoms with Crippen molar-refractivity contribution in [3.05, 3.63) is 38.4 Å². The second-order valence-electron chi connectivity index (χ2n) is 2.76. The van der Waals surface area contributed by atoms with Crippen molar-refractivity contribution in [1.82, 2.24) is 0 Å². The third-order valence-corrected chi connectivity index (χ3v) is 1.76. The van der Waals surface area contributed by atoms with Crippen LogP contribution in [0.4, 0.5) is 17.1 Å². The Kier molecular flexibility index (Phi) is 3.49. The number of nitro benzene ring substituents is 2. The van der Waals surface area contributed by atoms with Crippen molar-refractivity contribution in [2.75, 3.05) is 11.9 Å². The molecule has 0 saturated heterocycles. The molecule has 0 saturated carbocycles. The summed E-state index contributed by atoms with van der Waals surface area (Å²) in [5, 5.41) is 23.5. The lowest BCUT2D eigenvalue weighted by molar-refractivity contribution is -0.393. The Bertz CT molecular complexity index is 445. The van der Waals surface area contributed by atoms with Crippen LogP contribution in [0.5, 0.6) is 0 Å². The van der Waals surface area contributed by atoms with E-state index in [1.165, 1.54) is 6.07 Å². The first kappa shape index (κ1) is 11.6.